The van der Waals surface area contributed by atoms with E-state index < -0.39 is 0 Å². The zero-order chi connectivity index (χ0) is 10.6. The van der Waals surface area contributed by atoms with Crippen LogP contribution in [0.1, 0.15) is 20.3 Å². The third-order valence-electron chi connectivity index (χ3n) is 2.45. The molecule has 1 fully saturated rings. The van der Waals surface area contributed by atoms with Gasteiger partial charge in [0.05, 0.1) is 19.8 Å². The Morgan fingerprint density at radius 1 is 1.64 bits per heavy atom. The van der Waals surface area contributed by atoms with Crippen LogP contribution >= 0.6 is 0 Å². The van der Waals surface area contributed by atoms with E-state index >= 15 is 0 Å². The molecule has 1 atom stereocenters. The lowest BCUT2D eigenvalue weighted by Crippen LogP contribution is -2.49. The molecule has 0 aliphatic carbocycles. The van der Waals surface area contributed by atoms with Gasteiger partial charge in [0.15, 0.2) is 0 Å². The van der Waals surface area contributed by atoms with E-state index in [2.05, 4.69) is 18.7 Å². The smallest absolute Gasteiger partial charge is 0.231 e. The highest BCUT2D eigenvalue weighted by molar-refractivity contribution is 5.75. The van der Waals surface area contributed by atoms with Gasteiger partial charge in [0.2, 0.25) is 5.91 Å². The maximum Gasteiger partial charge on any atom is 0.231 e. The fourth-order valence-electron chi connectivity index (χ4n) is 1.86. The summed E-state index contributed by atoms with van der Waals surface area (Å²) in [6, 6.07) is 0.358. The number of carbonyl (C=O) groups is 1. The molecule has 4 nitrogen and oxygen atoms in total. The third-order valence-corrected chi connectivity index (χ3v) is 2.45. The summed E-state index contributed by atoms with van der Waals surface area (Å²) >= 11 is 0. The van der Waals surface area contributed by atoms with Gasteiger partial charge in [-0.3, -0.25) is 9.69 Å². The molecule has 1 rings (SSSR count). The Kier molecular flexibility index (Phi) is 4.35. The van der Waals surface area contributed by atoms with Crippen molar-refractivity contribution in [3.8, 4) is 0 Å². The van der Waals surface area contributed by atoms with Crippen LogP contribution in [0.3, 0.4) is 0 Å². The van der Waals surface area contributed by atoms with Gasteiger partial charge in [-0.25, -0.2) is 0 Å². The summed E-state index contributed by atoms with van der Waals surface area (Å²) in [6.07, 6.45) is 1.06. The van der Waals surface area contributed by atoms with Crippen LogP contribution in [-0.2, 0) is 9.53 Å². The highest BCUT2D eigenvalue weighted by atomic mass is 16.5. The summed E-state index contributed by atoms with van der Waals surface area (Å²) in [4.78, 5) is 13.0. The molecule has 0 aromatic heterocycles. The van der Waals surface area contributed by atoms with Crippen molar-refractivity contribution in [2.75, 3.05) is 26.3 Å². The number of nitrogens with two attached hydrogens (primary N) is 1. The monoisotopic (exact) mass is 200 g/mol. The summed E-state index contributed by atoms with van der Waals surface area (Å²) in [5, 5.41) is 0. The molecule has 0 bridgehead atoms. The van der Waals surface area contributed by atoms with Crippen molar-refractivity contribution in [2.24, 2.45) is 11.7 Å². The van der Waals surface area contributed by atoms with Crippen molar-refractivity contribution in [1.82, 2.24) is 4.90 Å². The van der Waals surface area contributed by atoms with E-state index in [9.17, 15) is 4.79 Å². The number of rotatable bonds is 4. The largest absolute Gasteiger partial charge is 0.378 e. The van der Waals surface area contributed by atoms with E-state index in [1.165, 1.54) is 0 Å². The van der Waals surface area contributed by atoms with Gasteiger partial charge < -0.3 is 10.5 Å². The average molecular weight is 200 g/mol. The fourth-order valence-corrected chi connectivity index (χ4v) is 1.86. The first kappa shape index (κ1) is 11.5. The van der Waals surface area contributed by atoms with Crippen LogP contribution in [0.2, 0.25) is 0 Å². The van der Waals surface area contributed by atoms with E-state index in [1.807, 2.05) is 0 Å². The van der Waals surface area contributed by atoms with Gasteiger partial charge in [-0.05, 0) is 12.3 Å². The number of nitrogens with zero attached hydrogens (tertiary/aromatic N) is 1. The molecule has 0 radical (unpaired) electrons. The Balaban J connectivity index is 2.45. The lowest BCUT2D eigenvalue weighted by molar-refractivity contribution is -0.121. The molecule has 0 saturated carbocycles. The van der Waals surface area contributed by atoms with E-state index in [-0.39, 0.29) is 5.91 Å². The van der Waals surface area contributed by atoms with Crippen LogP contribution in [0.4, 0.5) is 0 Å². The minimum absolute atomic E-state index is 0.249. The number of carbonyl (C=O) groups excluding carboxylic acids is 1. The zero-order valence-electron chi connectivity index (χ0n) is 9.03. The minimum atomic E-state index is -0.249. The molecule has 1 saturated heterocycles. The highest BCUT2D eigenvalue weighted by Crippen LogP contribution is 2.14. The first-order valence-electron chi connectivity index (χ1n) is 5.19. The van der Waals surface area contributed by atoms with Gasteiger partial charge in [0.25, 0.3) is 0 Å². The maximum absolute atomic E-state index is 10.8. The molecule has 1 amide bonds. The van der Waals surface area contributed by atoms with Crippen LogP contribution in [-0.4, -0.2) is 43.2 Å². The van der Waals surface area contributed by atoms with Gasteiger partial charge in [-0.15, -0.1) is 0 Å². The Bertz CT molecular complexity index is 195. The maximum atomic E-state index is 10.8. The summed E-state index contributed by atoms with van der Waals surface area (Å²) in [5.41, 5.74) is 5.19. The third kappa shape index (κ3) is 3.64. The molecule has 1 heterocycles. The second kappa shape index (κ2) is 5.32. The second-order valence-electron chi connectivity index (χ2n) is 4.30. The topological polar surface area (TPSA) is 55.6 Å². The average Bonchev–Trinajstić information content (AvgIpc) is 2.06. The van der Waals surface area contributed by atoms with E-state index in [0.29, 0.717) is 25.1 Å². The lowest BCUT2D eigenvalue weighted by Gasteiger charge is -2.35. The molecule has 1 aliphatic rings. The summed E-state index contributed by atoms with van der Waals surface area (Å²) < 4.78 is 5.40. The van der Waals surface area contributed by atoms with Crippen molar-refractivity contribution in [2.45, 2.75) is 26.3 Å². The Hall–Kier alpha value is -0.610. The molecule has 0 spiro atoms. The van der Waals surface area contributed by atoms with Gasteiger partial charge >= 0.3 is 0 Å². The number of amides is 1. The second-order valence-corrected chi connectivity index (χ2v) is 4.30. The number of hydrogen-bond donors (Lipinski definition) is 1. The number of morpholine rings is 1. The Morgan fingerprint density at radius 2 is 2.36 bits per heavy atom. The van der Waals surface area contributed by atoms with Gasteiger partial charge in [-0.1, -0.05) is 13.8 Å². The lowest BCUT2D eigenvalue weighted by atomic mass is 10.0. The van der Waals surface area contributed by atoms with Gasteiger partial charge in [0.1, 0.15) is 0 Å². The predicted octanol–water partition coefficient (Wildman–Crippen LogP) is 0.219. The molecule has 1 unspecified atom stereocenters. The first-order chi connectivity index (χ1) is 6.59. The van der Waals surface area contributed by atoms with Crippen LogP contribution in [0, 0.1) is 5.92 Å². The first-order valence-corrected chi connectivity index (χ1v) is 5.19. The summed E-state index contributed by atoms with van der Waals surface area (Å²) in [6.45, 7) is 6.97. The van der Waals surface area contributed by atoms with Gasteiger partial charge in [0, 0.05) is 12.6 Å². The van der Waals surface area contributed by atoms with E-state index in [0.717, 1.165) is 19.6 Å². The quantitative estimate of drug-likeness (QED) is 0.706. The van der Waals surface area contributed by atoms with Crippen molar-refractivity contribution < 1.29 is 9.53 Å². The SMILES string of the molecule is CC(C)CC1COCCN1CC(N)=O. The van der Waals surface area contributed by atoms with Crippen molar-refractivity contribution in [1.29, 1.82) is 0 Å². The molecule has 82 valence electrons. The molecule has 0 aromatic rings. The number of primary amides is 1. The van der Waals surface area contributed by atoms with E-state index in [1.54, 1.807) is 0 Å². The normalized spacial score (nSPS) is 24.1. The van der Waals surface area contributed by atoms with Crippen LogP contribution in [0.5, 0.6) is 0 Å². The Morgan fingerprint density at radius 3 is 2.93 bits per heavy atom. The molecular weight excluding hydrogens is 180 g/mol. The molecular formula is C10H20N2O2. The molecule has 1 aliphatic heterocycles. The standard InChI is InChI=1S/C10H20N2O2/c1-8(2)5-9-7-14-4-3-12(9)6-10(11)13/h8-9H,3-7H2,1-2H3,(H2,11,13). The molecule has 0 aromatic carbocycles. The highest BCUT2D eigenvalue weighted by Gasteiger charge is 2.24. The van der Waals surface area contributed by atoms with E-state index in [4.69, 9.17) is 10.5 Å². The van der Waals surface area contributed by atoms with Crippen LogP contribution in [0.15, 0.2) is 0 Å². The van der Waals surface area contributed by atoms with Gasteiger partial charge in [-0.2, -0.15) is 0 Å². The summed E-state index contributed by atoms with van der Waals surface area (Å²) in [5.74, 6) is 0.373. The predicted molar refractivity (Wildman–Crippen MR) is 54.8 cm³/mol. The molecule has 2 N–H and O–H groups in total. The van der Waals surface area contributed by atoms with Crippen LogP contribution in [0.25, 0.3) is 0 Å². The zero-order valence-corrected chi connectivity index (χ0v) is 9.03. The van der Waals surface area contributed by atoms with Crippen LogP contribution < -0.4 is 5.73 Å². The molecule has 4 heteroatoms. The molecule has 14 heavy (non-hydrogen) atoms. The number of ether oxygens (including phenoxy) is 1. The number of hydrogen-bond acceptors (Lipinski definition) is 3. The Labute approximate surface area is 85.4 Å². The van der Waals surface area contributed by atoms with Crippen molar-refractivity contribution >= 4 is 5.91 Å². The van der Waals surface area contributed by atoms with Crippen molar-refractivity contribution in [3.05, 3.63) is 0 Å². The summed E-state index contributed by atoms with van der Waals surface area (Å²) in [7, 11) is 0. The minimum Gasteiger partial charge on any atom is -0.378 e. The fraction of sp³-hybridized carbons (Fsp3) is 0.900. The van der Waals surface area contributed by atoms with Crippen molar-refractivity contribution in [3.63, 3.8) is 0 Å².